The van der Waals surface area contributed by atoms with Crippen LogP contribution in [0.2, 0.25) is 0 Å². The minimum Gasteiger partial charge on any atom is -0.338 e. The summed E-state index contributed by atoms with van der Waals surface area (Å²) < 4.78 is 27.1. The average Bonchev–Trinajstić information content (AvgIpc) is 2.68. The van der Waals surface area contributed by atoms with Crippen molar-refractivity contribution in [3.8, 4) is 0 Å². The maximum absolute atomic E-state index is 12.9. The number of hydrogen-bond acceptors (Lipinski definition) is 3. The fraction of sp³-hybridized carbons (Fsp3) is 0.381. The van der Waals surface area contributed by atoms with E-state index in [1.54, 1.807) is 42.5 Å². The van der Waals surface area contributed by atoms with Gasteiger partial charge in [0.1, 0.15) is 0 Å². The number of nitrogens with zero attached hydrogens (tertiary/aromatic N) is 2. The van der Waals surface area contributed by atoms with Crippen LogP contribution in [0, 0.1) is 12.8 Å². The van der Waals surface area contributed by atoms with E-state index in [4.69, 9.17) is 0 Å². The maximum atomic E-state index is 12.9. The Morgan fingerprint density at radius 1 is 1.15 bits per heavy atom. The summed E-state index contributed by atoms with van der Waals surface area (Å²) in [7, 11) is -2.15. The molecule has 1 unspecified atom stereocenters. The molecule has 0 radical (unpaired) electrons. The van der Waals surface area contributed by atoms with Crippen molar-refractivity contribution in [2.24, 2.45) is 5.92 Å². The van der Waals surface area contributed by atoms with E-state index in [9.17, 15) is 13.2 Å². The van der Waals surface area contributed by atoms with Crippen molar-refractivity contribution in [1.82, 2.24) is 4.90 Å². The van der Waals surface area contributed by atoms with Crippen LogP contribution in [0.1, 0.15) is 35.7 Å². The van der Waals surface area contributed by atoms with Gasteiger partial charge in [-0.3, -0.25) is 9.10 Å². The summed E-state index contributed by atoms with van der Waals surface area (Å²) in [5, 5.41) is 0. The number of hydrogen-bond donors (Lipinski definition) is 0. The Morgan fingerprint density at radius 3 is 2.52 bits per heavy atom. The Hall–Kier alpha value is -2.34. The Kier molecular flexibility index (Phi) is 5.56. The van der Waals surface area contributed by atoms with Gasteiger partial charge in [-0.15, -0.1) is 0 Å². The van der Waals surface area contributed by atoms with Gasteiger partial charge in [0.2, 0.25) is 0 Å². The molecule has 144 valence electrons. The molecule has 1 fully saturated rings. The minimum absolute atomic E-state index is 0.0340. The maximum Gasteiger partial charge on any atom is 0.264 e. The molecule has 1 saturated heterocycles. The molecule has 0 bridgehead atoms. The van der Waals surface area contributed by atoms with Gasteiger partial charge in [-0.25, -0.2) is 8.42 Å². The van der Waals surface area contributed by atoms with Gasteiger partial charge in [-0.2, -0.15) is 0 Å². The fourth-order valence-corrected chi connectivity index (χ4v) is 4.79. The van der Waals surface area contributed by atoms with E-state index in [0.717, 1.165) is 31.5 Å². The first kappa shape index (κ1) is 19.4. The quantitative estimate of drug-likeness (QED) is 0.805. The molecular weight excluding hydrogens is 360 g/mol. The lowest BCUT2D eigenvalue weighted by atomic mass is 9.99. The summed E-state index contributed by atoms with van der Waals surface area (Å²) in [5.74, 6) is 0.460. The first-order chi connectivity index (χ1) is 12.8. The molecule has 0 N–H and O–H groups in total. The van der Waals surface area contributed by atoms with Gasteiger partial charge in [0, 0.05) is 25.7 Å². The van der Waals surface area contributed by atoms with Gasteiger partial charge in [0.25, 0.3) is 15.9 Å². The lowest BCUT2D eigenvalue weighted by Gasteiger charge is -2.31. The minimum atomic E-state index is -3.68. The molecular formula is C21H26N2O3S. The molecule has 0 aromatic heterocycles. The molecule has 6 heteroatoms. The predicted molar refractivity (Wildman–Crippen MR) is 108 cm³/mol. The SMILES string of the molecule is Cc1ccc(C(=O)N2CCCC(C)C2)cc1N(C)S(=O)(=O)c1ccccc1. The fourth-order valence-electron chi connectivity index (χ4n) is 3.52. The second-order valence-electron chi connectivity index (χ2n) is 7.29. The van der Waals surface area contributed by atoms with Gasteiger partial charge in [0.15, 0.2) is 0 Å². The van der Waals surface area contributed by atoms with Crippen LogP contribution in [0.5, 0.6) is 0 Å². The zero-order chi connectivity index (χ0) is 19.6. The number of carbonyl (C=O) groups is 1. The highest BCUT2D eigenvalue weighted by Crippen LogP contribution is 2.27. The van der Waals surface area contributed by atoms with Crippen LogP contribution in [0.15, 0.2) is 53.4 Å². The first-order valence-corrected chi connectivity index (χ1v) is 10.7. The summed E-state index contributed by atoms with van der Waals surface area (Å²) in [6.45, 7) is 5.51. The largest absolute Gasteiger partial charge is 0.338 e. The number of anilines is 1. The predicted octanol–water partition coefficient (Wildman–Crippen LogP) is 3.69. The average molecular weight is 387 g/mol. The van der Waals surface area contributed by atoms with Crippen molar-refractivity contribution in [2.75, 3.05) is 24.4 Å². The van der Waals surface area contributed by atoms with Crippen molar-refractivity contribution >= 4 is 21.6 Å². The zero-order valence-corrected chi connectivity index (χ0v) is 16.9. The second kappa shape index (κ2) is 7.72. The standard InChI is InChI=1S/C21H26N2O3S/c1-16-8-7-13-23(15-16)21(24)18-12-11-17(2)20(14-18)22(3)27(25,26)19-9-5-4-6-10-19/h4-6,9-12,14,16H,7-8,13,15H2,1-3H3. The van der Waals surface area contributed by atoms with E-state index in [1.165, 1.54) is 11.4 Å². The molecule has 0 saturated carbocycles. The molecule has 1 atom stereocenters. The van der Waals surface area contributed by atoms with Gasteiger partial charge < -0.3 is 4.90 Å². The molecule has 1 aliphatic rings. The molecule has 5 nitrogen and oxygen atoms in total. The second-order valence-corrected chi connectivity index (χ2v) is 9.25. The van der Waals surface area contributed by atoms with Crippen LogP contribution in [0.25, 0.3) is 0 Å². The summed E-state index contributed by atoms with van der Waals surface area (Å²) in [4.78, 5) is 15.0. The number of piperidine rings is 1. The number of likely N-dealkylation sites (tertiary alicyclic amines) is 1. The summed E-state index contributed by atoms with van der Waals surface area (Å²) in [6, 6.07) is 13.6. The number of carbonyl (C=O) groups excluding carboxylic acids is 1. The lowest BCUT2D eigenvalue weighted by Crippen LogP contribution is -2.39. The van der Waals surface area contributed by atoms with E-state index < -0.39 is 10.0 Å². The van der Waals surface area contributed by atoms with E-state index in [2.05, 4.69) is 6.92 Å². The molecule has 27 heavy (non-hydrogen) atoms. The first-order valence-electron chi connectivity index (χ1n) is 9.24. The smallest absolute Gasteiger partial charge is 0.264 e. The summed E-state index contributed by atoms with van der Waals surface area (Å²) >= 11 is 0. The van der Waals surface area contributed by atoms with Crippen molar-refractivity contribution in [3.63, 3.8) is 0 Å². The van der Waals surface area contributed by atoms with Crippen LogP contribution in [-0.4, -0.2) is 39.4 Å². The summed E-state index contributed by atoms with van der Waals surface area (Å²) in [6.07, 6.45) is 2.15. The third-order valence-electron chi connectivity index (χ3n) is 5.14. The number of rotatable bonds is 4. The zero-order valence-electron chi connectivity index (χ0n) is 16.1. The third kappa shape index (κ3) is 4.00. The number of aryl methyl sites for hydroxylation is 1. The number of benzene rings is 2. The summed E-state index contributed by atoms with van der Waals surface area (Å²) in [5.41, 5.74) is 1.86. The van der Waals surface area contributed by atoms with E-state index >= 15 is 0 Å². The number of sulfonamides is 1. The third-order valence-corrected chi connectivity index (χ3v) is 6.93. The molecule has 0 aliphatic carbocycles. The van der Waals surface area contributed by atoms with E-state index in [-0.39, 0.29) is 10.8 Å². The van der Waals surface area contributed by atoms with E-state index in [1.807, 2.05) is 17.9 Å². The molecule has 2 aromatic rings. The van der Waals surface area contributed by atoms with Crippen molar-refractivity contribution in [1.29, 1.82) is 0 Å². The van der Waals surface area contributed by atoms with Gasteiger partial charge in [0.05, 0.1) is 10.6 Å². The molecule has 1 aliphatic heterocycles. The molecule has 2 aromatic carbocycles. The van der Waals surface area contributed by atoms with Crippen LogP contribution in [-0.2, 0) is 10.0 Å². The van der Waals surface area contributed by atoms with Crippen molar-refractivity contribution in [2.45, 2.75) is 31.6 Å². The Balaban J connectivity index is 1.92. The Morgan fingerprint density at radius 2 is 1.85 bits per heavy atom. The normalized spacial score (nSPS) is 17.6. The van der Waals surface area contributed by atoms with Gasteiger partial charge in [-0.05, 0) is 55.5 Å². The lowest BCUT2D eigenvalue weighted by molar-refractivity contribution is 0.0683. The molecule has 3 rings (SSSR count). The highest BCUT2D eigenvalue weighted by Gasteiger charge is 2.25. The highest BCUT2D eigenvalue weighted by molar-refractivity contribution is 7.92. The molecule has 1 heterocycles. The van der Waals surface area contributed by atoms with Crippen LogP contribution in [0.3, 0.4) is 0 Å². The Labute approximate surface area is 161 Å². The van der Waals surface area contributed by atoms with Crippen LogP contribution >= 0.6 is 0 Å². The monoisotopic (exact) mass is 386 g/mol. The van der Waals surface area contributed by atoms with Crippen molar-refractivity contribution < 1.29 is 13.2 Å². The number of amides is 1. The van der Waals surface area contributed by atoms with Crippen LogP contribution in [0.4, 0.5) is 5.69 Å². The molecule has 0 spiro atoms. The van der Waals surface area contributed by atoms with E-state index in [0.29, 0.717) is 17.2 Å². The van der Waals surface area contributed by atoms with Crippen LogP contribution < -0.4 is 4.31 Å². The van der Waals surface area contributed by atoms with Gasteiger partial charge in [-0.1, -0.05) is 31.2 Å². The van der Waals surface area contributed by atoms with Crippen molar-refractivity contribution in [3.05, 3.63) is 59.7 Å². The Bertz CT molecular complexity index is 926. The highest BCUT2D eigenvalue weighted by atomic mass is 32.2. The van der Waals surface area contributed by atoms with Gasteiger partial charge >= 0.3 is 0 Å². The topological polar surface area (TPSA) is 57.7 Å². The molecule has 1 amide bonds.